The summed E-state index contributed by atoms with van der Waals surface area (Å²) in [4.78, 5) is 33.0. The Labute approximate surface area is 109 Å². The van der Waals surface area contributed by atoms with Crippen LogP contribution in [0.2, 0.25) is 0 Å². The molecule has 0 bridgehead atoms. The van der Waals surface area contributed by atoms with Crippen molar-refractivity contribution >= 4 is 23.5 Å². The number of rotatable bonds is 5. The smallest absolute Gasteiger partial charge is 0.305 e. The predicted octanol–water partition coefficient (Wildman–Crippen LogP) is -0.166. The topological polar surface area (TPSA) is 136 Å². The van der Waals surface area contributed by atoms with Gasteiger partial charge in [0.25, 0.3) is 0 Å². The fourth-order valence-electron chi connectivity index (χ4n) is 1.46. The lowest BCUT2D eigenvalue weighted by molar-refractivity contribution is -0.138. The Kier molecular flexibility index (Phi) is 4.60. The summed E-state index contributed by atoms with van der Waals surface area (Å²) in [5.74, 6) is -2.32. The molecule has 0 heterocycles. The van der Waals surface area contributed by atoms with Gasteiger partial charge >= 0.3 is 5.97 Å². The quantitative estimate of drug-likeness (QED) is 0.586. The monoisotopic (exact) mass is 265 g/mol. The molecule has 7 heteroatoms. The van der Waals surface area contributed by atoms with Gasteiger partial charge < -0.3 is 21.9 Å². The first-order valence-electron chi connectivity index (χ1n) is 5.50. The number of hydrogen-bond donors (Lipinski definition) is 4. The Balaban J connectivity index is 2.80. The Bertz CT molecular complexity index is 528. The van der Waals surface area contributed by atoms with Gasteiger partial charge in [0.15, 0.2) is 0 Å². The number of aliphatic carboxylic acids is 1. The van der Waals surface area contributed by atoms with Gasteiger partial charge in [-0.3, -0.25) is 14.4 Å². The molecule has 0 fully saturated rings. The van der Waals surface area contributed by atoms with Gasteiger partial charge in [0.2, 0.25) is 11.8 Å². The number of aryl methyl sites for hydroxylation is 1. The molecule has 0 saturated carbocycles. The number of carbonyl (C=O) groups is 3. The summed E-state index contributed by atoms with van der Waals surface area (Å²) in [5, 5.41) is 11.0. The predicted molar refractivity (Wildman–Crippen MR) is 68.6 cm³/mol. The van der Waals surface area contributed by atoms with Gasteiger partial charge in [0, 0.05) is 11.3 Å². The van der Waals surface area contributed by atoms with E-state index < -0.39 is 30.2 Å². The number of nitrogens with two attached hydrogens (primary N) is 2. The standard InChI is InChI=1S/C12H15N3O4/c1-6-4-7(11(14)18)2-3-9(6)15-12(19)8(13)5-10(16)17/h2-4,8H,5,13H2,1H3,(H2,14,18)(H,15,19)(H,16,17). The van der Waals surface area contributed by atoms with Crippen molar-refractivity contribution in [2.24, 2.45) is 11.5 Å². The molecule has 1 aromatic rings. The summed E-state index contributed by atoms with van der Waals surface area (Å²) in [6.45, 7) is 1.69. The van der Waals surface area contributed by atoms with Crippen LogP contribution >= 0.6 is 0 Å². The van der Waals surface area contributed by atoms with Crippen LogP contribution < -0.4 is 16.8 Å². The zero-order valence-corrected chi connectivity index (χ0v) is 10.3. The van der Waals surface area contributed by atoms with Crippen LogP contribution in [0.4, 0.5) is 5.69 Å². The van der Waals surface area contributed by atoms with E-state index in [2.05, 4.69) is 5.32 Å². The molecule has 2 amide bonds. The summed E-state index contributed by atoms with van der Waals surface area (Å²) < 4.78 is 0. The SMILES string of the molecule is Cc1cc(C(N)=O)ccc1NC(=O)C(N)CC(=O)O. The first-order chi connectivity index (χ1) is 8.81. The van der Waals surface area contributed by atoms with Crippen molar-refractivity contribution < 1.29 is 19.5 Å². The largest absolute Gasteiger partial charge is 0.481 e. The van der Waals surface area contributed by atoms with Crippen molar-refractivity contribution in [2.75, 3.05) is 5.32 Å². The third-order valence-corrected chi connectivity index (χ3v) is 2.50. The van der Waals surface area contributed by atoms with Crippen molar-refractivity contribution in [2.45, 2.75) is 19.4 Å². The summed E-state index contributed by atoms with van der Waals surface area (Å²) in [7, 11) is 0. The minimum atomic E-state index is -1.15. The van der Waals surface area contributed by atoms with Crippen LogP contribution in [0, 0.1) is 6.92 Å². The summed E-state index contributed by atoms with van der Waals surface area (Å²) in [6, 6.07) is 3.38. The molecule has 0 saturated heterocycles. The molecule has 0 aliphatic rings. The summed E-state index contributed by atoms with van der Waals surface area (Å²) in [5.41, 5.74) is 12.0. The average Bonchev–Trinajstić information content (AvgIpc) is 2.30. The maximum Gasteiger partial charge on any atom is 0.305 e. The molecule has 1 rings (SSSR count). The van der Waals surface area contributed by atoms with Crippen LogP contribution in [0.1, 0.15) is 22.3 Å². The molecule has 0 radical (unpaired) electrons. The van der Waals surface area contributed by atoms with Gasteiger partial charge in [0.05, 0.1) is 12.5 Å². The number of primary amides is 1. The molecular formula is C12H15N3O4. The highest BCUT2D eigenvalue weighted by molar-refractivity contribution is 5.98. The molecule has 0 aliphatic heterocycles. The zero-order valence-electron chi connectivity index (χ0n) is 10.3. The molecular weight excluding hydrogens is 250 g/mol. The Morgan fingerprint density at radius 2 is 2.00 bits per heavy atom. The highest BCUT2D eigenvalue weighted by atomic mass is 16.4. The molecule has 1 atom stereocenters. The number of carboxylic acid groups (broad SMARTS) is 1. The second-order valence-electron chi connectivity index (χ2n) is 4.09. The summed E-state index contributed by atoms with van der Waals surface area (Å²) >= 11 is 0. The Hall–Kier alpha value is -2.41. The van der Waals surface area contributed by atoms with E-state index in [9.17, 15) is 14.4 Å². The maximum absolute atomic E-state index is 11.6. The molecule has 0 spiro atoms. The van der Waals surface area contributed by atoms with Gasteiger partial charge in [-0.2, -0.15) is 0 Å². The lowest BCUT2D eigenvalue weighted by Gasteiger charge is -2.12. The van der Waals surface area contributed by atoms with Crippen molar-refractivity contribution in [3.8, 4) is 0 Å². The van der Waals surface area contributed by atoms with Gasteiger partial charge in [0.1, 0.15) is 0 Å². The lowest BCUT2D eigenvalue weighted by atomic mass is 10.1. The Morgan fingerprint density at radius 1 is 1.37 bits per heavy atom. The summed E-state index contributed by atoms with van der Waals surface area (Å²) in [6.07, 6.45) is -0.454. The average molecular weight is 265 g/mol. The van der Waals surface area contributed by atoms with E-state index in [1.165, 1.54) is 18.2 Å². The van der Waals surface area contributed by atoms with Crippen molar-refractivity contribution in [1.29, 1.82) is 0 Å². The van der Waals surface area contributed by atoms with E-state index in [-0.39, 0.29) is 0 Å². The van der Waals surface area contributed by atoms with E-state index in [4.69, 9.17) is 16.6 Å². The number of anilines is 1. The fraction of sp³-hybridized carbons (Fsp3) is 0.250. The van der Waals surface area contributed by atoms with Crippen molar-refractivity contribution in [3.05, 3.63) is 29.3 Å². The number of benzene rings is 1. The van der Waals surface area contributed by atoms with E-state index >= 15 is 0 Å². The van der Waals surface area contributed by atoms with E-state index in [0.29, 0.717) is 16.8 Å². The fourth-order valence-corrected chi connectivity index (χ4v) is 1.46. The number of carboxylic acids is 1. The minimum Gasteiger partial charge on any atom is -0.481 e. The van der Waals surface area contributed by atoms with Crippen LogP contribution in [0.3, 0.4) is 0 Å². The van der Waals surface area contributed by atoms with Crippen molar-refractivity contribution in [3.63, 3.8) is 0 Å². The van der Waals surface area contributed by atoms with Crippen molar-refractivity contribution in [1.82, 2.24) is 0 Å². The number of hydrogen-bond acceptors (Lipinski definition) is 4. The van der Waals surface area contributed by atoms with E-state index in [1.807, 2.05) is 0 Å². The molecule has 0 aliphatic carbocycles. The highest BCUT2D eigenvalue weighted by Crippen LogP contribution is 2.16. The van der Waals surface area contributed by atoms with E-state index in [0.717, 1.165) is 0 Å². The normalized spacial score (nSPS) is 11.7. The van der Waals surface area contributed by atoms with Gasteiger partial charge in [-0.1, -0.05) is 0 Å². The molecule has 102 valence electrons. The number of carbonyl (C=O) groups excluding carboxylic acids is 2. The lowest BCUT2D eigenvalue weighted by Crippen LogP contribution is -2.37. The van der Waals surface area contributed by atoms with Gasteiger partial charge in [-0.25, -0.2) is 0 Å². The van der Waals surface area contributed by atoms with Crippen LogP contribution in [0.25, 0.3) is 0 Å². The molecule has 1 unspecified atom stereocenters. The molecule has 19 heavy (non-hydrogen) atoms. The molecule has 0 aromatic heterocycles. The number of nitrogens with one attached hydrogen (secondary N) is 1. The molecule has 6 N–H and O–H groups in total. The van der Waals surface area contributed by atoms with Crippen LogP contribution in [-0.4, -0.2) is 28.9 Å². The first kappa shape index (κ1) is 14.7. The van der Waals surface area contributed by atoms with Gasteiger partial charge in [-0.05, 0) is 30.7 Å². The van der Waals surface area contributed by atoms with Crippen LogP contribution in [0.15, 0.2) is 18.2 Å². The van der Waals surface area contributed by atoms with Gasteiger partial charge in [-0.15, -0.1) is 0 Å². The minimum absolute atomic E-state index is 0.324. The number of amides is 2. The third kappa shape index (κ3) is 4.07. The third-order valence-electron chi connectivity index (χ3n) is 2.50. The van der Waals surface area contributed by atoms with Crippen LogP contribution in [0.5, 0.6) is 0 Å². The molecule has 1 aromatic carbocycles. The zero-order chi connectivity index (χ0) is 14.6. The first-order valence-corrected chi connectivity index (χ1v) is 5.50. The highest BCUT2D eigenvalue weighted by Gasteiger charge is 2.17. The second kappa shape index (κ2) is 5.96. The van der Waals surface area contributed by atoms with Crippen LogP contribution in [-0.2, 0) is 9.59 Å². The Morgan fingerprint density at radius 3 is 2.47 bits per heavy atom. The maximum atomic E-state index is 11.6. The second-order valence-corrected chi connectivity index (χ2v) is 4.09. The molecule has 7 nitrogen and oxygen atoms in total. The van der Waals surface area contributed by atoms with E-state index in [1.54, 1.807) is 6.92 Å².